The van der Waals surface area contributed by atoms with Crippen molar-refractivity contribution in [3.8, 4) is 35.5 Å². The molecule has 0 heterocycles. The third kappa shape index (κ3) is 16.0. The fourth-order valence-electron chi connectivity index (χ4n) is 1.03. The van der Waals surface area contributed by atoms with Gasteiger partial charge in [-0.3, -0.25) is 0 Å². The van der Waals surface area contributed by atoms with Crippen LogP contribution in [0.2, 0.25) is 0 Å². The van der Waals surface area contributed by atoms with Crippen molar-refractivity contribution in [3.63, 3.8) is 0 Å². The van der Waals surface area contributed by atoms with E-state index < -0.39 is 5.97 Å². The predicted octanol–water partition coefficient (Wildman–Crippen LogP) is 0.629. The molecule has 0 N–H and O–H groups in total. The van der Waals surface area contributed by atoms with Crippen molar-refractivity contribution in [2.45, 2.75) is 13.3 Å². The molecule has 0 aliphatic rings. The lowest BCUT2D eigenvalue weighted by atomic mass is 10.5. The van der Waals surface area contributed by atoms with Gasteiger partial charge in [-0.25, -0.2) is 4.79 Å². The molecule has 0 saturated heterocycles. The summed E-state index contributed by atoms with van der Waals surface area (Å²) in [6.45, 7) is 3.85. The first-order valence-electron chi connectivity index (χ1n) is 6.46. The van der Waals surface area contributed by atoms with Gasteiger partial charge in [-0.1, -0.05) is 29.6 Å². The first kappa shape index (κ1) is 19.0. The first-order valence-corrected chi connectivity index (χ1v) is 6.46. The molecule has 5 nitrogen and oxygen atoms in total. The molecule has 5 heteroatoms. The molecule has 0 rings (SSSR count). The standard InChI is InChI=1S/C16H20O5/c1-3-9-16(17)21-15-7-6-12-20-14-8-13-19-11-5-4-10-18-2/h8,10-15H2,1-2H3. The molecular formula is C16H20O5. The van der Waals surface area contributed by atoms with Gasteiger partial charge in [-0.2, -0.15) is 0 Å². The molecule has 0 aromatic heterocycles. The highest BCUT2D eigenvalue weighted by Crippen LogP contribution is 1.84. The van der Waals surface area contributed by atoms with Gasteiger partial charge in [-0.15, -0.1) is 0 Å². The fraction of sp³-hybridized carbons (Fsp3) is 0.562. The van der Waals surface area contributed by atoms with Crippen molar-refractivity contribution in [3.05, 3.63) is 0 Å². The Hall–Kier alpha value is -1.97. The van der Waals surface area contributed by atoms with E-state index in [1.165, 1.54) is 0 Å². The number of methoxy groups -OCH3 is 1. The highest BCUT2D eigenvalue weighted by Gasteiger charge is 1.91. The molecule has 0 amide bonds. The Kier molecular flexibility index (Phi) is 14.6. The van der Waals surface area contributed by atoms with Gasteiger partial charge in [0.2, 0.25) is 0 Å². The highest BCUT2D eigenvalue weighted by molar-refractivity contribution is 5.88. The maximum atomic E-state index is 10.8. The van der Waals surface area contributed by atoms with E-state index in [4.69, 9.17) is 18.9 Å². The summed E-state index contributed by atoms with van der Waals surface area (Å²) in [6.07, 6.45) is 0.773. The lowest BCUT2D eigenvalue weighted by Crippen LogP contribution is -2.02. The number of hydrogen-bond donors (Lipinski definition) is 0. The van der Waals surface area contributed by atoms with E-state index >= 15 is 0 Å². The van der Waals surface area contributed by atoms with E-state index in [2.05, 4.69) is 35.5 Å². The summed E-state index contributed by atoms with van der Waals surface area (Å²) in [4.78, 5) is 10.8. The number of esters is 1. The van der Waals surface area contributed by atoms with Gasteiger partial charge in [0.25, 0.3) is 0 Å². The molecular weight excluding hydrogens is 272 g/mol. The molecule has 0 spiro atoms. The van der Waals surface area contributed by atoms with Gasteiger partial charge in [0, 0.05) is 13.0 Å². The van der Waals surface area contributed by atoms with Crippen molar-refractivity contribution in [2.24, 2.45) is 0 Å². The van der Waals surface area contributed by atoms with Crippen LogP contribution in [0.25, 0.3) is 0 Å². The number of ether oxygens (including phenoxy) is 4. The second kappa shape index (κ2) is 16.1. The van der Waals surface area contributed by atoms with Crippen LogP contribution < -0.4 is 0 Å². The second-order valence-electron chi connectivity index (χ2n) is 3.55. The first-order chi connectivity index (χ1) is 10.3. The maximum absolute atomic E-state index is 10.8. The Bertz CT molecular complexity index is 450. The molecule has 114 valence electrons. The largest absolute Gasteiger partial charge is 0.443 e. The summed E-state index contributed by atoms with van der Waals surface area (Å²) in [7, 11) is 1.60. The average molecular weight is 292 g/mol. The number of carbonyl (C=O) groups is 1. The smallest absolute Gasteiger partial charge is 0.385 e. The molecule has 21 heavy (non-hydrogen) atoms. The van der Waals surface area contributed by atoms with Crippen LogP contribution in [0.3, 0.4) is 0 Å². The second-order valence-corrected chi connectivity index (χ2v) is 3.55. The molecule has 0 aliphatic carbocycles. The lowest BCUT2D eigenvalue weighted by Gasteiger charge is -2.00. The summed E-state index contributed by atoms with van der Waals surface area (Å²) < 4.78 is 20.0. The van der Waals surface area contributed by atoms with E-state index in [0.717, 1.165) is 6.42 Å². The van der Waals surface area contributed by atoms with Crippen LogP contribution >= 0.6 is 0 Å². The Morgan fingerprint density at radius 3 is 2.05 bits per heavy atom. The monoisotopic (exact) mass is 292 g/mol. The van der Waals surface area contributed by atoms with Crippen molar-refractivity contribution in [1.82, 2.24) is 0 Å². The summed E-state index contributed by atoms with van der Waals surface area (Å²) in [5.41, 5.74) is 0. The Morgan fingerprint density at radius 2 is 1.48 bits per heavy atom. The topological polar surface area (TPSA) is 54.0 Å². The van der Waals surface area contributed by atoms with E-state index in [1.54, 1.807) is 14.0 Å². The summed E-state index contributed by atoms with van der Waals surface area (Å²) >= 11 is 0. The van der Waals surface area contributed by atoms with Crippen LogP contribution in [-0.2, 0) is 23.7 Å². The predicted molar refractivity (Wildman–Crippen MR) is 78.1 cm³/mol. The maximum Gasteiger partial charge on any atom is 0.385 e. The fourth-order valence-corrected chi connectivity index (χ4v) is 1.03. The van der Waals surface area contributed by atoms with Crippen LogP contribution in [0.15, 0.2) is 0 Å². The lowest BCUT2D eigenvalue weighted by molar-refractivity contribution is -0.135. The minimum Gasteiger partial charge on any atom is -0.443 e. The molecule has 0 unspecified atom stereocenters. The van der Waals surface area contributed by atoms with Gasteiger partial charge in [0.05, 0.1) is 13.2 Å². The normalized spacial score (nSPS) is 8.48. The minimum atomic E-state index is -0.571. The van der Waals surface area contributed by atoms with Crippen molar-refractivity contribution >= 4 is 5.97 Å². The molecule has 0 radical (unpaired) electrons. The zero-order valence-electron chi connectivity index (χ0n) is 12.5. The van der Waals surface area contributed by atoms with Gasteiger partial charge in [0.1, 0.15) is 19.8 Å². The SMILES string of the molecule is CC#CC(=O)OCC#CCOCCCOCC#CCOC. The third-order valence-electron chi connectivity index (χ3n) is 1.89. The molecule has 0 fully saturated rings. The van der Waals surface area contributed by atoms with Crippen LogP contribution in [0.5, 0.6) is 0 Å². The van der Waals surface area contributed by atoms with Crippen molar-refractivity contribution in [2.75, 3.05) is 46.8 Å². The molecule has 0 bridgehead atoms. The van der Waals surface area contributed by atoms with Crippen LogP contribution in [0.4, 0.5) is 0 Å². The molecule has 0 atom stereocenters. The third-order valence-corrected chi connectivity index (χ3v) is 1.89. The zero-order valence-corrected chi connectivity index (χ0v) is 12.5. The van der Waals surface area contributed by atoms with E-state index in [0.29, 0.717) is 33.0 Å². The Morgan fingerprint density at radius 1 is 0.905 bits per heavy atom. The molecule has 0 aromatic rings. The number of rotatable bonds is 8. The van der Waals surface area contributed by atoms with Gasteiger partial charge in [-0.05, 0) is 13.3 Å². The van der Waals surface area contributed by atoms with Crippen molar-refractivity contribution < 1.29 is 23.7 Å². The van der Waals surface area contributed by atoms with Crippen molar-refractivity contribution in [1.29, 1.82) is 0 Å². The zero-order chi connectivity index (χ0) is 15.6. The van der Waals surface area contributed by atoms with E-state index in [9.17, 15) is 4.79 Å². The molecule has 0 saturated carbocycles. The summed E-state index contributed by atoms with van der Waals surface area (Å²) in [5, 5.41) is 0. The quantitative estimate of drug-likeness (QED) is 0.284. The van der Waals surface area contributed by atoms with Crippen LogP contribution in [0, 0.1) is 35.5 Å². The van der Waals surface area contributed by atoms with E-state index in [-0.39, 0.29) is 6.61 Å². The minimum absolute atomic E-state index is 0.0279. The van der Waals surface area contributed by atoms with Gasteiger partial charge >= 0.3 is 5.97 Å². The number of carbonyl (C=O) groups excluding carboxylic acids is 1. The molecule has 0 aromatic carbocycles. The van der Waals surface area contributed by atoms with Crippen LogP contribution in [-0.4, -0.2) is 52.7 Å². The highest BCUT2D eigenvalue weighted by atomic mass is 16.5. The van der Waals surface area contributed by atoms with Gasteiger partial charge < -0.3 is 18.9 Å². The van der Waals surface area contributed by atoms with Crippen LogP contribution in [0.1, 0.15) is 13.3 Å². The Balaban J connectivity index is 3.31. The summed E-state index contributed by atoms with van der Waals surface area (Å²) in [5.74, 6) is 15.1. The van der Waals surface area contributed by atoms with E-state index in [1.807, 2.05) is 0 Å². The van der Waals surface area contributed by atoms with Gasteiger partial charge in [0.15, 0.2) is 6.61 Å². The Labute approximate surface area is 126 Å². The summed E-state index contributed by atoms with van der Waals surface area (Å²) in [6, 6.07) is 0. The number of hydrogen-bond acceptors (Lipinski definition) is 5. The molecule has 0 aliphatic heterocycles. The average Bonchev–Trinajstić information content (AvgIpc) is 2.48.